The summed E-state index contributed by atoms with van der Waals surface area (Å²) in [6, 6.07) is 1.61. The van der Waals surface area contributed by atoms with Crippen LogP contribution >= 0.6 is 0 Å². The van der Waals surface area contributed by atoms with E-state index in [2.05, 4.69) is 42.4 Å². The van der Waals surface area contributed by atoms with Gasteiger partial charge in [0.1, 0.15) is 0 Å². The molecule has 0 N–H and O–H groups in total. The van der Waals surface area contributed by atoms with Crippen LogP contribution in [-0.2, 0) is 0 Å². The monoisotopic (exact) mass is 321 g/mol. The van der Waals surface area contributed by atoms with Crippen LogP contribution in [0.3, 0.4) is 0 Å². The SMILES string of the molecule is CC(C)C1CCN(CC2CN(C3CCN(C(C)C)CC3)C2)CC1. The fourth-order valence-corrected chi connectivity index (χ4v) is 4.96. The second kappa shape index (κ2) is 7.84. The van der Waals surface area contributed by atoms with Gasteiger partial charge in [0.25, 0.3) is 0 Å². The zero-order valence-electron chi connectivity index (χ0n) is 16.0. The predicted octanol–water partition coefficient (Wildman–Crippen LogP) is 3.16. The Kier molecular flexibility index (Phi) is 6.03. The molecule has 3 aliphatic heterocycles. The van der Waals surface area contributed by atoms with Crippen LogP contribution < -0.4 is 0 Å². The average molecular weight is 322 g/mol. The Balaban J connectivity index is 1.31. The van der Waals surface area contributed by atoms with E-state index in [-0.39, 0.29) is 0 Å². The summed E-state index contributed by atoms with van der Waals surface area (Å²) in [5, 5.41) is 0. The number of nitrogens with zero attached hydrogens (tertiary/aromatic N) is 3. The van der Waals surface area contributed by atoms with Crippen molar-refractivity contribution < 1.29 is 0 Å². The van der Waals surface area contributed by atoms with Gasteiger partial charge < -0.3 is 9.80 Å². The van der Waals surface area contributed by atoms with E-state index < -0.39 is 0 Å². The minimum Gasteiger partial charge on any atom is -0.303 e. The fraction of sp³-hybridized carbons (Fsp3) is 1.00. The molecule has 3 nitrogen and oxygen atoms in total. The van der Waals surface area contributed by atoms with E-state index in [1.165, 1.54) is 71.5 Å². The van der Waals surface area contributed by atoms with E-state index in [1.54, 1.807) is 0 Å². The van der Waals surface area contributed by atoms with Gasteiger partial charge in [0, 0.05) is 31.7 Å². The Hall–Kier alpha value is -0.120. The van der Waals surface area contributed by atoms with E-state index in [1.807, 2.05) is 0 Å². The lowest BCUT2D eigenvalue weighted by molar-refractivity contribution is -0.00413. The van der Waals surface area contributed by atoms with Crippen molar-refractivity contribution in [2.45, 2.75) is 65.5 Å². The van der Waals surface area contributed by atoms with E-state index >= 15 is 0 Å². The average Bonchev–Trinajstić information content (AvgIpc) is 2.51. The van der Waals surface area contributed by atoms with Gasteiger partial charge in [0.15, 0.2) is 0 Å². The molecule has 0 unspecified atom stereocenters. The van der Waals surface area contributed by atoms with Gasteiger partial charge in [-0.15, -0.1) is 0 Å². The summed E-state index contributed by atoms with van der Waals surface area (Å²) in [6.45, 7) is 18.9. The van der Waals surface area contributed by atoms with Gasteiger partial charge in [-0.05, 0) is 83.5 Å². The Morgan fingerprint density at radius 3 is 1.96 bits per heavy atom. The summed E-state index contributed by atoms with van der Waals surface area (Å²) in [5.74, 6) is 2.82. The third-order valence-corrected chi connectivity index (χ3v) is 6.82. The maximum absolute atomic E-state index is 2.78. The van der Waals surface area contributed by atoms with Crippen LogP contribution in [0.5, 0.6) is 0 Å². The van der Waals surface area contributed by atoms with Crippen LogP contribution in [0.25, 0.3) is 0 Å². The van der Waals surface area contributed by atoms with Gasteiger partial charge in [0.05, 0.1) is 0 Å². The van der Waals surface area contributed by atoms with E-state index in [0.29, 0.717) is 0 Å². The molecule has 3 heteroatoms. The first-order valence-corrected chi connectivity index (χ1v) is 10.2. The van der Waals surface area contributed by atoms with Crippen molar-refractivity contribution >= 4 is 0 Å². The first-order valence-electron chi connectivity index (χ1n) is 10.2. The Morgan fingerprint density at radius 1 is 0.826 bits per heavy atom. The lowest BCUT2D eigenvalue weighted by atomic mass is 9.86. The molecule has 0 amide bonds. The number of rotatable bonds is 5. The quantitative estimate of drug-likeness (QED) is 0.770. The van der Waals surface area contributed by atoms with E-state index in [4.69, 9.17) is 0 Å². The third-order valence-electron chi connectivity index (χ3n) is 6.82. The van der Waals surface area contributed by atoms with Gasteiger partial charge in [-0.2, -0.15) is 0 Å². The molecule has 134 valence electrons. The molecular formula is C20H39N3. The van der Waals surface area contributed by atoms with Crippen LogP contribution in [0.4, 0.5) is 0 Å². The van der Waals surface area contributed by atoms with Gasteiger partial charge in [-0.25, -0.2) is 0 Å². The van der Waals surface area contributed by atoms with Crippen LogP contribution in [-0.4, -0.2) is 72.6 Å². The zero-order valence-corrected chi connectivity index (χ0v) is 16.0. The first kappa shape index (κ1) is 17.7. The molecule has 3 fully saturated rings. The maximum atomic E-state index is 2.78. The summed E-state index contributed by atoms with van der Waals surface area (Å²) in [6.07, 6.45) is 5.65. The molecule has 0 saturated carbocycles. The Labute approximate surface area is 144 Å². The van der Waals surface area contributed by atoms with E-state index in [0.717, 1.165) is 29.8 Å². The molecule has 0 spiro atoms. The number of hydrogen-bond acceptors (Lipinski definition) is 3. The third kappa shape index (κ3) is 4.49. The first-order chi connectivity index (χ1) is 11.0. The van der Waals surface area contributed by atoms with E-state index in [9.17, 15) is 0 Å². The molecule has 3 heterocycles. The minimum absolute atomic E-state index is 0.730. The predicted molar refractivity (Wildman–Crippen MR) is 98.8 cm³/mol. The van der Waals surface area contributed by atoms with Gasteiger partial charge in [0.2, 0.25) is 0 Å². The molecule has 3 saturated heterocycles. The van der Waals surface area contributed by atoms with Crippen molar-refractivity contribution in [1.82, 2.24) is 14.7 Å². The fourth-order valence-electron chi connectivity index (χ4n) is 4.96. The lowest BCUT2D eigenvalue weighted by Gasteiger charge is -2.49. The Bertz CT molecular complexity index is 346. The van der Waals surface area contributed by atoms with Gasteiger partial charge in [-0.1, -0.05) is 13.8 Å². The number of hydrogen-bond donors (Lipinski definition) is 0. The van der Waals surface area contributed by atoms with Crippen molar-refractivity contribution in [2.75, 3.05) is 45.8 Å². The topological polar surface area (TPSA) is 9.72 Å². The molecule has 3 aliphatic rings. The molecule has 0 aromatic rings. The van der Waals surface area contributed by atoms with Crippen molar-refractivity contribution in [1.29, 1.82) is 0 Å². The van der Waals surface area contributed by atoms with Gasteiger partial charge in [-0.3, -0.25) is 4.90 Å². The molecule has 0 aromatic carbocycles. The lowest BCUT2D eigenvalue weighted by Crippen LogP contribution is -2.58. The summed E-state index contributed by atoms with van der Waals surface area (Å²) in [5.41, 5.74) is 0. The van der Waals surface area contributed by atoms with Crippen molar-refractivity contribution in [3.8, 4) is 0 Å². The summed E-state index contributed by atoms with van der Waals surface area (Å²) < 4.78 is 0. The standard InChI is InChI=1S/C20H39N3/c1-16(2)19-5-9-21(10-6-19)13-18-14-23(15-18)20-7-11-22(12-8-20)17(3)4/h16-20H,5-15H2,1-4H3. The molecule has 0 bridgehead atoms. The minimum atomic E-state index is 0.730. The van der Waals surface area contributed by atoms with Crippen molar-refractivity contribution in [3.05, 3.63) is 0 Å². The molecule has 0 aromatic heterocycles. The van der Waals surface area contributed by atoms with Crippen LogP contribution in [0.2, 0.25) is 0 Å². The summed E-state index contributed by atoms with van der Waals surface area (Å²) in [7, 11) is 0. The maximum Gasteiger partial charge on any atom is 0.0120 e. The molecule has 0 aliphatic carbocycles. The second-order valence-corrected chi connectivity index (χ2v) is 9.06. The second-order valence-electron chi connectivity index (χ2n) is 9.06. The van der Waals surface area contributed by atoms with Crippen LogP contribution in [0.15, 0.2) is 0 Å². The van der Waals surface area contributed by atoms with Gasteiger partial charge >= 0.3 is 0 Å². The summed E-state index contributed by atoms with van der Waals surface area (Å²) >= 11 is 0. The highest BCUT2D eigenvalue weighted by atomic mass is 15.3. The smallest absolute Gasteiger partial charge is 0.0120 e. The highest BCUT2D eigenvalue weighted by molar-refractivity contribution is 4.90. The molecule has 0 atom stereocenters. The zero-order chi connectivity index (χ0) is 16.4. The normalized spacial score (nSPS) is 27.9. The highest BCUT2D eigenvalue weighted by Crippen LogP contribution is 2.29. The molecule has 23 heavy (non-hydrogen) atoms. The molecule has 3 rings (SSSR count). The molecular weight excluding hydrogens is 282 g/mol. The van der Waals surface area contributed by atoms with Crippen LogP contribution in [0.1, 0.15) is 53.4 Å². The largest absolute Gasteiger partial charge is 0.303 e. The highest BCUT2D eigenvalue weighted by Gasteiger charge is 2.35. The number of piperidine rings is 2. The van der Waals surface area contributed by atoms with Crippen molar-refractivity contribution in [2.24, 2.45) is 17.8 Å². The molecule has 0 radical (unpaired) electrons. The van der Waals surface area contributed by atoms with Crippen LogP contribution in [0, 0.1) is 17.8 Å². The Morgan fingerprint density at radius 2 is 1.43 bits per heavy atom. The number of likely N-dealkylation sites (tertiary alicyclic amines) is 3. The summed E-state index contributed by atoms with van der Waals surface area (Å²) in [4.78, 5) is 8.18. The van der Waals surface area contributed by atoms with Crippen molar-refractivity contribution in [3.63, 3.8) is 0 Å².